The van der Waals surface area contributed by atoms with E-state index in [0.29, 0.717) is 12.0 Å². The molecule has 0 saturated carbocycles. The first-order valence-electron chi connectivity index (χ1n) is 6.10. The largest absolute Gasteiger partial charge is 0.342 e. The number of anilines is 1. The first-order chi connectivity index (χ1) is 8.97. The van der Waals surface area contributed by atoms with Crippen molar-refractivity contribution in [3.8, 4) is 0 Å². The van der Waals surface area contributed by atoms with Crippen LogP contribution in [0.25, 0.3) is 0 Å². The Labute approximate surface area is 109 Å². The van der Waals surface area contributed by atoms with Gasteiger partial charge in [0.1, 0.15) is 6.04 Å². The Hall–Kier alpha value is -2.05. The van der Waals surface area contributed by atoms with Crippen LogP contribution >= 0.6 is 0 Å². The number of carbonyl (C=O) groups is 2. The zero-order valence-corrected chi connectivity index (χ0v) is 10.7. The molecule has 2 amide bonds. The van der Waals surface area contributed by atoms with E-state index in [0.717, 1.165) is 0 Å². The van der Waals surface area contributed by atoms with Gasteiger partial charge in [-0.25, -0.2) is 4.98 Å². The number of hydrogen-bond acceptors (Lipinski definition) is 5. The Morgan fingerprint density at radius 3 is 2.79 bits per heavy atom. The molecule has 2 heterocycles. The average molecular weight is 266 g/mol. The third-order valence-corrected chi connectivity index (χ3v) is 2.93. The zero-order valence-electron chi connectivity index (χ0n) is 10.7. The van der Waals surface area contributed by atoms with Crippen LogP contribution in [0.5, 0.6) is 0 Å². The van der Waals surface area contributed by atoms with Gasteiger partial charge in [-0.3, -0.25) is 14.9 Å². The van der Waals surface area contributed by atoms with Gasteiger partial charge in [-0.15, -0.1) is 0 Å². The van der Waals surface area contributed by atoms with Gasteiger partial charge in [-0.1, -0.05) is 13.8 Å². The minimum absolute atomic E-state index is 0.00958. The second-order valence-corrected chi connectivity index (χ2v) is 4.74. The maximum atomic E-state index is 13.7. The smallest absolute Gasteiger partial charge is 0.249 e. The van der Waals surface area contributed by atoms with Crippen molar-refractivity contribution in [2.24, 2.45) is 0 Å². The number of nitrogens with one attached hydrogen (secondary N) is 2. The predicted molar refractivity (Wildman–Crippen MR) is 65.9 cm³/mol. The summed E-state index contributed by atoms with van der Waals surface area (Å²) in [6.07, 6.45) is 2.00. The molecule has 0 spiro atoms. The lowest BCUT2D eigenvalue weighted by Crippen LogP contribution is -2.47. The Bertz CT molecular complexity index is 518. The molecule has 1 fully saturated rings. The molecule has 1 aromatic rings. The molecule has 1 atom stereocenters. The van der Waals surface area contributed by atoms with Crippen LogP contribution in [-0.2, 0) is 9.59 Å². The minimum atomic E-state index is -0.609. The minimum Gasteiger partial charge on any atom is -0.342 e. The summed E-state index contributed by atoms with van der Waals surface area (Å²) < 4.78 is 13.7. The molecule has 7 heteroatoms. The van der Waals surface area contributed by atoms with E-state index in [9.17, 15) is 14.0 Å². The van der Waals surface area contributed by atoms with Crippen molar-refractivity contribution >= 4 is 17.8 Å². The van der Waals surface area contributed by atoms with Gasteiger partial charge in [0.25, 0.3) is 0 Å². The summed E-state index contributed by atoms with van der Waals surface area (Å²) >= 11 is 0. The zero-order chi connectivity index (χ0) is 14.0. The van der Waals surface area contributed by atoms with Crippen molar-refractivity contribution in [3.63, 3.8) is 0 Å². The molecule has 1 aliphatic rings. The molecule has 2 rings (SSSR count). The maximum Gasteiger partial charge on any atom is 0.249 e. The topological polar surface area (TPSA) is 84.0 Å². The van der Waals surface area contributed by atoms with Crippen LogP contribution in [-0.4, -0.2) is 27.8 Å². The van der Waals surface area contributed by atoms with Crippen LogP contribution in [0.15, 0.2) is 6.20 Å². The molecule has 1 unspecified atom stereocenters. The maximum absolute atomic E-state index is 13.7. The number of nitrogens with zero attached hydrogens (tertiary/aromatic N) is 2. The summed E-state index contributed by atoms with van der Waals surface area (Å²) in [6.45, 7) is 3.68. The summed E-state index contributed by atoms with van der Waals surface area (Å²) in [4.78, 5) is 30.2. The molecule has 0 aliphatic carbocycles. The first kappa shape index (κ1) is 13.4. The average Bonchev–Trinajstić information content (AvgIpc) is 2.32. The van der Waals surface area contributed by atoms with Gasteiger partial charge in [-0.2, -0.15) is 9.37 Å². The van der Waals surface area contributed by atoms with Gasteiger partial charge in [0, 0.05) is 18.2 Å². The van der Waals surface area contributed by atoms with Gasteiger partial charge >= 0.3 is 0 Å². The molecule has 1 saturated heterocycles. The Kier molecular flexibility index (Phi) is 3.73. The van der Waals surface area contributed by atoms with Gasteiger partial charge in [0.15, 0.2) is 0 Å². The lowest BCUT2D eigenvalue weighted by Gasteiger charge is -2.21. The summed E-state index contributed by atoms with van der Waals surface area (Å²) in [5.41, 5.74) is 0.425. The van der Waals surface area contributed by atoms with Gasteiger partial charge in [0.2, 0.25) is 23.7 Å². The van der Waals surface area contributed by atoms with E-state index in [1.54, 1.807) is 0 Å². The number of rotatable bonds is 3. The Morgan fingerprint density at radius 1 is 1.47 bits per heavy atom. The van der Waals surface area contributed by atoms with Crippen molar-refractivity contribution in [1.82, 2.24) is 15.3 Å². The summed E-state index contributed by atoms with van der Waals surface area (Å²) in [6, 6.07) is -0.609. The molecular formula is C12H15FN4O2. The van der Waals surface area contributed by atoms with Crippen LogP contribution in [0.4, 0.5) is 10.3 Å². The highest BCUT2D eigenvalue weighted by Gasteiger charge is 2.27. The van der Waals surface area contributed by atoms with E-state index in [2.05, 4.69) is 20.6 Å². The van der Waals surface area contributed by atoms with E-state index in [1.807, 2.05) is 13.8 Å². The molecule has 0 aromatic carbocycles. The van der Waals surface area contributed by atoms with Crippen LogP contribution in [0, 0.1) is 5.95 Å². The second kappa shape index (κ2) is 5.29. The van der Waals surface area contributed by atoms with E-state index in [1.165, 1.54) is 6.20 Å². The highest BCUT2D eigenvalue weighted by Crippen LogP contribution is 2.17. The Morgan fingerprint density at radius 2 is 2.21 bits per heavy atom. The van der Waals surface area contributed by atoms with E-state index in [-0.39, 0.29) is 24.2 Å². The van der Waals surface area contributed by atoms with Gasteiger partial charge < -0.3 is 5.32 Å². The van der Waals surface area contributed by atoms with Crippen molar-refractivity contribution in [3.05, 3.63) is 17.7 Å². The van der Waals surface area contributed by atoms with Crippen LogP contribution < -0.4 is 10.6 Å². The molecule has 102 valence electrons. The first-order valence-corrected chi connectivity index (χ1v) is 6.10. The van der Waals surface area contributed by atoms with E-state index < -0.39 is 17.9 Å². The van der Waals surface area contributed by atoms with Crippen molar-refractivity contribution < 1.29 is 14.0 Å². The highest BCUT2D eigenvalue weighted by molar-refractivity contribution is 6.01. The van der Waals surface area contributed by atoms with Crippen molar-refractivity contribution in [2.45, 2.75) is 38.6 Å². The third kappa shape index (κ3) is 3.04. The molecule has 0 radical (unpaired) electrons. The predicted octanol–water partition coefficient (Wildman–Crippen LogP) is 0.956. The molecule has 0 bridgehead atoms. The molecular weight excluding hydrogens is 251 g/mol. The van der Waals surface area contributed by atoms with Gasteiger partial charge in [0.05, 0.1) is 0 Å². The summed E-state index contributed by atoms with van der Waals surface area (Å²) in [5.74, 6) is -1.29. The lowest BCUT2D eigenvalue weighted by molar-refractivity contribution is -0.133. The summed E-state index contributed by atoms with van der Waals surface area (Å²) in [7, 11) is 0. The van der Waals surface area contributed by atoms with E-state index in [4.69, 9.17) is 0 Å². The fourth-order valence-corrected chi connectivity index (χ4v) is 1.81. The fourth-order valence-electron chi connectivity index (χ4n) is 1.81. The molecule has 2 N–H and O–H groups in total. The number of aromatic nitrogens is 2. The number of piperidine rings is 1. The lowest BCUT2D eigenvalue weighted by atomic mass is 10.1. The van der Waals surface area contributed by atoms with Crippen LogP contribution in [0.2, 0.25) is 0 Å². The SMILES string of the molecule is CC(C)c1cnc(NC2CCC(=O)NC2=O)nc1F. The summed E-state index contributed by atoms with van der Waals surface area (Å²) in [5, 5.41) is 4.94. The quantitative estimate of drug-likeness (QED) is 0.628. The molecule has 19 heavy (non-hydrogen) atoms. The van der Waals surface area contributed by atoms with Crippen LogP contribution in [0.3, 0.4) is 0 Å². The van der Waals surface area contributed by atoms with Crippen molar-refractivity contribution in [2.75, 3.05) is 5.32 Å². The second-order valence-electron chi connectivity index (χ2n) is 4.74. The monoisotopic (exact) mass is 266 g/mol. The number of amides is 2. The number of imide groups is 1. The molecule has 1 aromatic heterocycles. The van der Waals surface area contributed by atoms with E-state index >= 15 is 0 Å². The number of carbonyl (C=O) groups excluding carboxylic acids is 2. The number of hydrogen-bond donors (Lipinski definition) is 2. The van der Waals surface area contributed by atoms with Gasteiger partial charge in [-0.05, 0) is 12.3 Å². The van der Waals surface area contributed by atoms with Crippen molar-refractivity contribution in [1.29, 1.82) is 0 Å². The molecule has 1 aliphatic heterocycles. The Balaban J connectivity index is 2.09. The normalized spacial score (nSPS) is 19.5. The third-order valence-electron chi connectivity index (χ3n) is 2.93. The molecule has 6 nitrogen and oxygen atoms in total. The fraction of sp³-hybridized carbons (Fsp3) is 0.500. The standard InChI is InChI=1S/C12H15FN4O2/c1-6(2)7-5-14-12(17-10(7)13)15-8-3-4-9(18)16-11(8)19/h5-6,8H,3-4H2,1-2H3,(H,14,15,17)(H,16,18,19). The number of halogens is 1. The van der Waals surface area contributed by atoms with Crippen LogP contribution in [0.1, 0.15) is 38.2 Å². The highest BCUT2D eigenvalue weighted by atomic mass is 19.1.